The minimum Gasteiger partial charge on any atom is -0.693 e. The predicted molar refractivity (Wildman–Crippen MR) is 376 cm³/mol. The van der Waals surface area contributed by atoms with E-state index in [1.165, 1.54) is 23.5 Å². The Kier molecular flexibility index (Phi) is 52.5. The molecule has 32 heteroatoms. The maximum absolute atomic E-state index is 13.6. The van der Waals surface area contributed by atoms with Gasteiger partial charge in [-0.25, -0.2) is 6.29 Å². The number of amides is 5. The van der Waals surface area contributed by atoms with E-state index < -0.39 is 42.2 Å². The molecule has 0 aliphatic carbocycles. The minimum atomic E-state index is -0.706. The summed E-state index contributed by atoms with van der Waals surface area (Å²) in [6.07, 6.45) is 9.79. The summed E-state index contributed by atoms with van der Waals surface area (Å²) in [5.74, 6) is -1.63. The molecule has 5 amide bonds. The molecule has 1 aromatic carbocycles. The number of Topliss-reactive ketones (excluding diaryl/α,β-unsaturated/α-hetero) is 5. The van der Waals surface area contributed by atoms with E-state index in [4.69, 9.17) is 34.4 Å². The van der Waals surface area contributed by atoms with Gasteiger partial charge in [-0.3, -0.25) is 63.2 Å². The number of carbonyl (C=O) groups excluding carboxylic acids is 11. The van der Waals surface area contributed by atoms with Crippen molar-refractivity contribution in [2.75, 3.05) is 89.5 Å². The first-order chi connectivity index (χ1) is 44.7. The minimum absolute atomic E-state index is 0. The van der Waals surface area contributed by atoms with Crippen LogP contribution < -0.4 is 71.6 Å². The second-order valence-corrected chi connectivity index (χ2v) is 26.0. The Morgan fingerprint density at radius 2 is 1.49 bits per heavy atom. The van der Waals surface area contributed by atoms with E-state index in [2.05, 4.69) is 47.2 Å². The molecule has 0 aromatic heterocycles. The van der Waals surface area contributed by atoms with Gasteiger partial charge in [0.15, 0.2) is 35.1 Å². The molecule has 29 nitrogen and oxygen atoms in total. The van der Waals surface area contributed by atoms with Crippen LogP contribution in [0.25, 0.3) is 6.15 Å². The van der Waals surface area contributed by atoms with Crippen molar-refractivity contribution in [2.45, 2.75) is 174 Å². The molecule has 1 radical (unpaired) electrons. The number of phenolic OH excluding ortho intramolecular Hbond substituents is 1. The number of unbranched alkanes of at least 4 members (excludes halogenated alkanes) is 1. The van der Waals surface area contributed by atoms with E-state index in [-0.39, 0.29) is 196 Å². The average molecular weight is 1470 g/mol. The average Bonchev–Trinajstić information content (AvgIpc) is 1.29. The number of guanidine groups is 2. The first kappa shape index (κ1) is 92.6. The number of nitrogens with two attached hydrogens (primary N) is 7. The Balaban J connectivity index is 0. The fourth-order valence-electron chi connectivity index (χ4n) is 10.0. The number of phenols is 1. The number of benzene rings is 1. The number of nitrogens with zero attached hydrogens (tertiary/aromatic N) is 3. The SMILES string of the molecule is CC[C@H](C)[C@@H]1NC(=O)CCNC(=O)CSC[C@@H](C(=O)CC[C@@H](CCCN=C(N)N)CN[C@@H](Cc2ccc(O)cc2)C(N)=O)NCC1=O.CC[C@H](C)[C@H](NC(=O)CCNC(=O)CSC[C@H](NC)C(=O)CN(C)[C@H]([C-]=O)CCCN=C(N)N)C(=O)CC[C@@H](CCCCN)C(C)=O.[NH2-].[Y]. The normalized spacial score (nSPS) is 16.9. The number of hydrogen-bond donors (Lipinski definition) is 14. The molecule has 1 aliphatic heterocycles. The van der Waals surface area contributed by atoms with Crippen molar-refractivity contribution < 1.29 is 90.6 Å². The molecule has 1 saturated heterocycles. The van der Waals surface area contributed by atoms with Crippen LogP contribution >= 0.6 is 23.5 Å². The standard InChI is InChI=1S/C32H52N8O6S.C32H59N8O6S.H2N.Y/c1-3-20(2)30-27(43)17-39-25(18-47-19-29(45)36-14-12-28(44)40-30)26(42)11-8-22(5-4-13-37-32(34)35)16-38-24(31(33)46)15-21-6-9-23(41)10-7-21;1-6-22(2)31(27(43)13-12-24(23(3)42)10-7-8-15-33)39-29(45)14-17-37-30(46)21-47-20-26(36-4)28(44)18-40(5)25(19-41)11-9-16-38-32(34)35;;/h6-7,9-10,20,22,24-25,30,38-39,41H,3-5,8,11-19H2,1-2H3,(H2,33,46)(H,36,45)(H,40,44)(H4,34,35,37);22,24-26,31,36H,6-18,20-21,33H2,1-5H3,(H,37,46)(H,39,45)(H4,34,35,38);1H2;/q;2*-1;/t20-,22+,24-,25-,30-;22-,24+,25-,26-,31-;;/m00../s1. The number of primary amides is 1. The Morgan fingerprint density at radius 3 is 2.07 bits per heavy atom. The van der Waals surface area contributed by atoms with Crippen molar-refractivity contribution in [2.24, 2.45) is 68.1 Å². The molecule has 1 fully saturated rings. The summed E-state index contributed by atoms with van der Waals surface area (Å²) in [4.78, 5) is 148. The maximum atomic E-state index is 13.6. The predicted octanol–water partition coefficient (Wildman–Crippen LogP) is 0.484. The molecule has 1 heterocycles. The topological polar surface area (TPSA) is 510 Å². The van der Waals surface area contributed by atoms with E-state index in [9.17, 15) is 57.8 Å². The summed E-state index contributed by atoms with van der Waals surface area (Å²) < 4.78 is 0. The molecular weight excluding hydrogens is 1350 g/mol. The van der Waals surface area contributed by atoms with Crippen molar-refractivity contribution >= 4 is 100 Å². The Hall–Kier alpha value is -5.51. The van der Waals surface area contributed by atoms with Crippen LogP contribution in [0.4, 0.5) is 0 Å². The first-order valence-corrected chi connectivity index (χ1v) is 35.0. The number of ketones is 5. The zero-order valence-corrected chi connectivity index (χ0v) is 62.1. The molecule has 2 rings (SSSR count). The Bertz CT molecular complexity index is 2570. The third-order valence-electron chi connectivity index (χ3n) is 16.3. The van der Waals surface area contributed by atoms with Crippen LogP contribution in [0.1, 0.15) is 136 Å². The van der Waals surface area contributed by atoms with E-state index in [0.29, 0.717) is 102 Å². The molecular formula is C64H113N17O12S2Y-2. The summed E-state index contributed by atoms with van der Waals surface area (Å²) in [5, 5.41) is 30.0. The number of carbonyl (C=O) groups is 10. The van der Waals surface area contributed by atoms with Crippen molar-refractivity contribution in [3.63, 3.8) is 0 Å². The van der Waals surface area contributed by atoms with Crippen LogP contribution in [0, 0.1) is 23.7 Å². The van der Waals surface area contributed by atoms with Gasteiger partial charge in [-0.05, 0) is 121 Å². The van der Waals surface area contributed by atoms with Crippen molar-refractivity contribution in [3.8, 4) is 5.75 Å². The quantitative estimate of drug-likeness (QED) is 0.0183. The molecule has 0 bridgehead atoms. The monoisotopic (exact) mass is 1460 g/mol. The molecule has 10 atom stereocenters. The summed E-state index contributed by atoms with van der Waals surface area (Å²) in [7, 11) is 3.33. The van der Waals surface area contributed by atoms with E-state index in [1.54, 1.807) is 50.2 Å². The number of aliphatic imine (C=N–C) groups is 2. The molecule has 96 heavy (non-hydrogen) atoms. The van der Waals surface area contributed by atoms with Crippen molar-refractivity contribution in [1.29, 1.82) is 0 Å². The van der Waals surface area contributed by atoms with Crippen LogP contribution in [-0.4, -0.2) is 212 Å². The van der Waals surface area contributed by atoms with E-state index in [0.717, 1.165) is 18.4 Å². The van der Waals surface area contributed by atoms with Gasteiger partial charge in [0.25, 0.3) is 0 Å². The summed E-state index contributed by atoms with van der Waals surface area (Å²) in [6, 6.07) is 2.73. The van der Waals surface area contributed by atoms with Gasteiger partial charge in [0.2, 0.25) is 29.5 Å². The molecule has 543 valence electrons. The molecule has 0 unspecified atom stereocenters. The van der Waals surface area contributed by atoms with Crippen LogP contribution in [0.5, 0.6) is 5.75 Å². The number of nitrogens with one attached hydrogen (secondary N) is 7. The van der Waals surface area contributed by atoms with Crippen molar-refractivity contribution in [3.05, 3.63) is 36.0 Å². The third kappa shape index (κ3) is 41.7. The second-order valence-electron chi connectivity index (χ2n) is 23.9. The Labute approximate surface area is 601 Å². The summed E-state index contributed by atoms with van der Waals surface area (Å²) >= 11 is 2.56. The second kappa shape index (κ2) is 54.4. The zero-order valence-electron chi connectivity index (χ0n) is 57.6. The van der Waals surface area contributed by atoms with Gasteiger partial charge in [-0.1, -0.05) is 71.6 Å². The van der Waals surface area contributed by atoms with Gasteiger partial charge < -0.3 is 87.3 Å². The van der Waals surface area contributed by atoms with Gasteiger partial charge in [0.05, 0.1) is 54.8 Å². The number of hydrogen-bond acceptors (Lipinski definition) is 21. The molecule has 0 saturated carbocycles. The number of likely N-dealkylation sites (N-methyl/N-ethyl adjacent to an activating group) is 2. The molecule has 1 aliphatic rings. The van der Waals surface area contributed by atoms with Gasteiger partial charge in [-0.2, -0.15) is 0 Å². The molecule has 1 aromatic rings. The van der Waals surface area contributed by atoms with Crippen LogP contribution in [0.2, 0.25) is 0 Å². The molecule has 0 spiro atoms. The molecule has 22 N–H and O–H groups in total. The fraction of sp³-hybridized carbons (Fsp3) is 0.703. The van der Waals surface area contributed by atoms with Gasteiger partial charge in [0.1, 0.15) is 11.5 Å². The maximum Gasteiger partial charge on any atom is 0.234 e. The first-order valence-electron chi connectivity index (χ1n) is 32.7. The largest absolute Gasteiger partial charge is 0.693 e. The summed E-state index contributed by atoms with van der Waals surface area (Å²) in [6.45, 7) is 11.2. The van der Waals surface area contributed by atoms with E-state index >= 15 is 0 Å². The van der Waals surface area contributed by atoms with Crippen molar-refractivity contribution in [1.82, 2.24) is 42.1 Å². The van der Waals surface area contributed by atoms with Gasteiger partial charge in [-0.15, -0.1) is 23.5 Å². The number of rotatable bonds is 45. The third-order valence-corrected chi connectivity index (χ3v) is 18.4. The Morgan fingerprint density at radius 1 is 0.833 bits per heavy atom. The van der Waals surface area contributed by atoms with Gasteiger partial charge >= 0.3 is 0 Å². The van der Waals surface area contributed by atoms with Crippen LogP contribution in [-0.2, 0) is 91.9 Å². The van der Waals surface area contributed by atoms with Crippen LogP contribution in [0.3, 0.4) is 0 Å². The van der Waals surface area contributed by atoms with Gasteiger partial charge in [0, 0.05) is 102 Å². The zero-order chi connectivity index (χ0) is 70.5. The summed E-state index contributed by atoms with van der Waals surface area (Å²) in [5.41, 5.74) is 33.6. The smallest absolute Gasteiger partial charge is 0.234 e. The van der Waals surface area contributed by atoms with Crippen LogP contribution in [0.15, 0.2) is 34.3 Å². The number of thioether (sulfide) groups is 2. The van der Waals surface area contributed by atoms with E-state index in [1.807, 2.05) is 34.0 Å². The fourth-order valence-corrected chi connectivity index (χ4v) is 12.0. The number of aromatic hydroxyl groups is 1.